The number of sulfonamides is 1. The van der Waals surface area contributed by atoms with Crippen molar-refractivity contribution in [2.45, 2.75) is 36.6 Å². The molecule has 1 aliphatic carbocycles. The van der Waals surface area contributed by atoms with Gasteiger partial charge in [0.2, 0.25) is 15.9 Å². The highest BCUT2D eigenvalue weighted by Gasteiger charge is 2.32. The maximum absolute atomic E-state index is 12.8. The third-order valence-electron chi connectivity index (χ3n) is 5.75. The molecule has 0 unspecified atom stereocenters. The molecule has 166 valence electrons. The average Bonchev–Trinajstić information content (AvgIpc) is 3.63. The lowest BCUT2D eigenvalue weighted by molar-refractivity contribution is -0.120. The maximum Gasteiger partial charge on any atom is 0.251 e. The first-order chi connectivity index (χ1) is 15.4. The van der Waals surface area contributed by atoms with E-state index < -0.39 is 10.0 Å². The number of carbonyl (C=O) groups excluding carboxylic acids is 2. The third kappa shape index (κ3) is 4.98. The van der Waals surface area contributed by atoms with Crippen molar-refractivity contribution in [3.05, 3.63) is 59.7 Å². The van der Waals surface area contributed by atoms with Gasteiger partial charge in [-0.25, -0.2) is 8.42 Å². The molecule has 4 rings (SSSR count). The highest BCUT2D eigenvalue weighted by Crippen LogP contribution is 2.25. The summed E-state index contributed by atoms with van der Waals surface area (Å²) in [6, 6.07) is 14.9. The highest BCUT2D eigenvalue weighted by atomic mass is 32.2. The van der Waals surface area contributed by atoms with Crippen molar-refractivity contribution in [3.8, 4) is 6.07 Å². The van der Waals surface area contributed by atoms with Crippen LogP contribution in [0.1, 0.15) is 41.6 Å². The molecule has 32 heavy (non-hydrogen) atoms. The average molecular weight is 453 g/mol. The summed E-state index contributed by atoms with van der Waals surface area (Å²) in [6.07, 6.45) is 2.82. The lowest BCUT2D eigenvalue weighted by atomic mass is 9.97. The summed E-state index contributed by atoms with van der Waals surface area (Å²) in [5.74, 6) is -0.642. The van der Waals surface area contributed by atoms with Crippen LogP contribution in [0.5, 0.6) is 0 Å². The van der Waals surface area contributed by atoms with Crippen molar-refractivity contribution < 1.29 is 18.0 Å². The normalized spacial score (nSPS) is 17.3. The summed E-state index contributed by atoms with van der Waals surface area (Å²) in [6.45, 7) is 0.481. The van der Waals surface area contributed by atoms with Gasteiger partial charge in [-0.15, -0.1) is 0 Å². The number of rotatable bonds is 6. The number of nitrogens with zero attached hydrogens (tertiary/aromatic N) is 2. The van der Waals surface area contributed by atoms with E-state index in [-0.39, 0.29) is 41.8 Å². The Morgan fingerprint density at radius 2 is 1.69 bits per heavy atom. The second-order valence-corrected chi connectivity index (χ2v) is 10.1. The van der Waals surface area contributed by atoms with Crippen LogP contribution in [0.2, 0.25) is 0 Å². The highest BCUT2D eigenvalue weighted by molar-refractivity contribution is 7.89. The van der Waals surface area contributed by atoms with E-state index >= 15 is 0 Å². The van der Waals surface area contributed by atoms with Gasteiger partial charge in [-0.05, 0) is 68.1 Å². The van der Waals surface area contributed by atoms with Crippen molar-refractivity contribution in [3.63, 3.8) is 0 Å². The molecule has 2 amide bonds. The van der Waals surface area contributed by atoms with Crippen LogP contribution in [0.4, 0.5) is 5.69 Å². The Morgan fingerprint density at radius 3 is 2.31 bits per heavy atom. The number of nitriles is 1. The first-order valence-electron chi connectivity index (χ1n) is 10.6. The van der Waals surface area contributed by atoms with Gasteiger partial charge in [0.05, 0.1) is 16.5 Å². The molecular weight excluding hydrogens is 428 g/mol. The second kappa shape index (κ2) is 9.10. The fraction of sp³-hybridized carbons (Fsp3) is 0.348. The van der Waals surface area contributed by atoms with E-state index in [0.29, 0.717) is 29.7 Å². The zero-order chi connectivity index (χ0) is 22.7. The number of anilines is 1. The smallest absolute Gasteiger partial charge is 0.251 e. The first kappa shape index (κ1) is 22.0. The molecule has 2 N–H and O–H groups in total. The molecule has 9 heteroatoms. The minimum absolute atomic E-state index is 0.140. The molecule has 8 nitrogen and oxygen atoms in total. The second-order valence-electron chi connectivity index (χ2n) is 8.13. The molecule has 1 aliphatic heterocycles. The largest absolute Gasteiger partial charge is 0.349 e. The van der Waals surface area contributed by atoms with E-state index in [1.165, 1.54) is 28.6 Å². The molecule has 0 atom stereocenters. The van der Waals surface area contributed by atoms with Crippen LogP contribution in [-0.2, 0) is 14.8 Å². The number of nitrogens with one attached hydrogen (secondary N) is 2. The maximum atomic E-state index is 12.8. The molecule has 1 saturated carbocycles. The molecule has 0 aromatic heterocycles. The molecule has 2 aliphatic rings. The van der Waals surface area contributed by atoms with Crippen LogP contribution >= 0.6 is 0 Å². The monoisotopic (exact) mass is 452 g/mol. The van der Waals surface area contributed by atoms with Crippen LogP contribution in [0, 0.1) is 17.2 Å². The van der Waals surface area contributed by atoms with Crippen LogP contribution < -0.4 is 10.6 Å². The third-order valence-corrected chi connectivity index (χ3v) is 7.66. The van der Waals surface area contributed by atoms with Crippen LogP contribution in [0.15, 0.2) is 53.4 Å². The molecule has 0 spiro atoms. The van der Waals surface area contributed by atoms with Crippen LogP contribution in [0.3, 0.4) is 0 Å². The SMILES string of the molecule is N#Cc1ccc(S(=O)(=O)N2CCC(C(=O)Nc3cccc(C(=O)NC4CC4)c3)CC2)cc1. The van der Waals surface area contributed by atoms with Gasteiger partial charge >= 0.3 is 0 Å². The molecular formula is C23H24N4O4S. The van der Waals surface area contributed by atoms with E-state index in [2.05, 4.69) is 10.6 Å². The van der Waals surface area contributed by atoms with Crippen molar-refractivity contribution in [2.24, 2.45) is 5.92 Å². The minimum atomic E-state index is -3.67. The van der Waals surface area contributed by atoms with E-state index in [4.69, 9.17) is 5.26 Å². The summed E-state index contributed by atoms with van der Waals surface area (Å²) < 4.78 is 27.1. The molecule has 0 radical (unpaired) electrons. The Kier molecular flexibility index (Phi) is 6.26. The van der Waals surface area contributed by atoms with Gasteiger partial charge in [-0.1, -0.05) is 6.07 Å². The quantitative estimate of drug-likeness (QED) is 0.698. The Balaban J connectivity index is 1.34. The van der Waals surface area contributed by atoms with E-state index in [1.807, 2.05) is 6.07 Å². The Morgan fingerprint density at radius 1 is 1.00 bits per heavy atom. The number of benzene rings is 2. The van der Waals surface area contributed by atoms with E-state index in [1.54, 1.807) is 24.3 Å². The van der Waals surface area contributed by atoms with Gasteiger partial charge in [0, 0.05) is 36.3 Å². The summed E-state index contributed by atoms with van der Waals surface area (Å²) in [7, 11) is -3.67. The zero-order valence-corrected chi connectivity index (χ0v) is 18.3. The van der Waals surface area contributed by atoms with E-state index in [0.717, 1.165) is 12.8 Å². The summed E-state index contributed by atoms with van der Waals surface area (Å²) >= 11 is 0. The molecule has 1 heterocycles. The topological polar surface area (TPSA) is 119 Å². The van der Waals surface area contributed by atoms with Gasteiger partial charge < -0.3 is 10.6 Å². The Hall–Kier alpha value is -3.22. The molecule has 2 aromatic rings. The predicted octanol–water partition coefficient (Wildman–Crippen LogP) is 2.49. The number of carbonyl (C=O) groups is 2. The molecule has 2 aromatic carbocycles. The van der Waals surface area contributed by atoms with Crippen molar-refractivity contribution in [1.29, 1.82) is 5.26 Å². The predicted molar refractivity (Wildman–Crippen MR) is 118 cm³/mol. The lowest BCUT2D eigenvalue weighted by Crippen LogP contribution is -2.41. The standard InChI is InChI=1S/C23H24N4O4S/c24-15-16-4-8-21(9-5-16)32(30,31)27-12-10-17(11-13-27)22(28)26-20-3-1-2-18(14-20)23(29)25-19-6-7-19/h1-5,8-9,14,17,19H,6-7,10-13H2,(H,25,29)(H,26,28). The summed E-state index contributed by atoms with van der Waals surface area (Å²) in [5, 5.41) is 14.7. The summed E-state index contributed by atoms with van der Waals surface area (Å²) in [4.78, 5) is 25.1. The van der Waals surface area contributed by atoms with Crippen LogP contribution in [-0.4, -0.2) is 43.7 Å². The van der Waals surface area contributed by atoms with Crippen molar-refractivity contribution >= 4 is 27.5 Å². The van der Waals surface area contributed by atoms with Gasteiger partial charge in [-0.3, -0.25) is 9.59 Å². The first-order valence-corrected chi connectivity index (χ1v) is 12.0. The fourth-order valence-electron chi connectivity index (χ4n) is 3.69. The molecule has 0 bridgehead atoms. The van der Waals surface area contributed by atoms with Gasteiger partial charge in [-0.2, -0.15) is 9.57 Å². The molecule has 1 saturated heterocycles. The fourth-order valence-corrected chi connectivity index (χ4v) is 5.16. The van der Waals surface area contributed by atoms with E-state index in [9.17, 15) is 18.0 Å². The number of amides is 2. The Bertz CT molecular complexity index is 1160. The summed E-state index contributed by atoms with van der Waals surface area (Å²) in [5.41, 5.74) is 1.44. The van der Waals surface area contributed by atoms with Gasteiger partial charge in [0.25, 0.3) is 5.91 Å². The van der Waals surface area contributed by atoms with Crippen molar-refractivity contribution in [1.82, 2.24) is 9.62 Å². The van der Waals surface area contributed by atoms with Crippen molar-refractivity contribution in [2.75, 3.05) is 18.4 Å². The number of piperidine rings is 1. The van der Waals surface area contributed by atoms with Gasteiger partial charge in [0.15, 0.2) is 0 Å². The van der Waals surface area contributed by atoms with Gasteiger partial charge in [0.1, 0.15) is 0 Å². The minimum Gasteiger partial charge on any atom is -0.349 e. The van der Waals surface area contributed by atoms with Crippen LogP contribution in [0.25, 0.3) is 0 Å². The zero-order valence-electron chi connectivity index (χ0n) is 17.5. The number of hydrogen-bond donors (Lipinski definition) is 2. The Labute approximate surface area is 187 Å². The lowest BCUT2D eigenvalue weighted by Gasteiger charge is -2.30. The molecule has 2 fully saturated rings. The number of hydrogen-bond acceptors (Lipinski definition) is 5.